The van der Waals surface area contributed by atoms with Crippen molar-refractivity contribution in [1.82, 2.24) is 5.32 Å². The molecule has 3 N–H and O–H groups in total. The zero-order valence-corrected chi connectivity index (χ0v) is 15.4. The van der Waals surface area contributed by atoms with E-state index in [0.29, 0.717) is 23.0 Å². The summed E-state index contributed by atoms with van der Waals surface area (Å²) in [6.45, 7) is 3.77. The molecular formula is C19H22ClNO5. The molecular weight excluding hydrogens is 358 g/mol. The lowest BCUT2D eigenvalue weighted by Gasteiger charge is -2.21. The molecule has 0 aliphatic heterocycles. The van der Waals surface area contributed by atoms with Gasteiger partial charge in [0.2, 0.25) is 0 Å². The summed E-state index contributed by atoms with van der Waals surface area (Å²) >= 11 is 5.97. The Bertz CT molecular complexity index is 771. The molecule has 2 aromatic rings. The van der Waals surface area contributed by atoms with E-state index in [1.807, 2.05) is 19.9 Å². The van der Waals surface area contributed by atoms with Gasteiger partial charge >= 0.3 is 11.9 Å². The molecule has 0 aliphatic carbocycles. The molecule has 0 aliphatic rings. The molecule has 0 amide bonds. The first kappa shape index (κ1) is 20.0. The molecule has 6 nitrogen and oxygen atoms in total. The molecule has 7 heteroatoms. The molecule has 1 unspecified atom stereocenters. The second-order valence-electron chi connectivity index (χ2n) is 6.56. The summed E-state index contributed by atoms with van der Waals surface area (Å²) < 4.78 is 5.72. The Morgan fingerprint density at radius 3 is 2.38 bits per heavy atom. The minimum absolute atomic E-state index is 0.0395. The molecule has 2 rings (SSSR count). The van der Waals surface area contributed by atoms with E-state index in [4.69, 9.17) is 16.0 Å². The van der Waals surface area contributed by atoms with Crippen molar-refractivity contribution in [3.8, 4) is 11.3 Å². The van der Waals surface area contributed by atoms with Gasteiger partial charge in [-0.05, 0) is 36.6 Å². The van der Waals surface area contributed by atoms with Gasteiger partial charge in [-0.15, -0.1) is 0 Å². The Kier molecular flexibility index (Phi) is 6.83. The maximum atomic E-state index is 11.6. The Morgan fingerprint density at radius 2 is 1.81 bits per heavy atom. The highest BCUT2D eigenvalue weighted by Gasteiger charge is 2.27. The summed E-state index contributed by atoms with van der Waals surface area (Å²) in [6.07, 6.45) is 0.378. The van der Waals surface area contributed by atoms with Gasteiger partial charge < -0.3 is 14.6 Å². The van der Waals surface area contributed by atoms with Gasteiger partial charge in [0.25, 0.3) is 0 Å². The number of carbonyl (C=O) groups is 2. The Balaban J connectivity index is 2.13. The SMILES string of the molecule is CC(C)CC(N[C@@H](Cc1ccc(-c2cccc(Cl)c2)o1)C(=O)O)C(=O)O. The summed E-state index contributed by atoms with van der Waals surface area (Å²) in [7, 11) is 0. The molecule has 0 fully saturated rings. The van der Waals surface area contributed by atoms with E-state index < -0.39 is 24.0 Å². The molecule has 1 aromatic carbocycles. The molecule has 140 valence electrons. The van der Waals surface area contributed by atoms with Crippen LogP contribution in [0.5, 0.6) is 0 Å². The van der Waals surface area contributed by atoms with Crippen molar-refractivity contribution in [2.45, 2.75) is 38.8 Å². The van der Waals surface area contributed by atoms with Crippen molar-refractivity contribution < 1.29 is 24.2 Å². The van der Waals surface area contributed by atoms with Gasteiger partial charge in [-0.3, -0.25) is 14.9 Å². The van der Waals surface area contributed by atoms with Crippen molar-refractivity contribution in [2.24, 2.45) is 5.92 Å². The fourth-order valence-corrected chi connectivity index (χ4v) is 2.85. The molecule has 0 bridgehead atoms. The number of carboxylic acids is 2. The van der Waals surface area contributed by atoms with E-state index in [-0.39, 0.29) is 12.3 Å². The van der Waals surface area contributed by atoms with Crippen LogP contribution in [-0.4, -0.2) is 34.2 Å². The maximum Gasteiger partial charge on any atom is 0.321 e. The van der Waals surface area contributed by atoms with Gasteiger partial charge in [-0.25, -0.2) is 0 Å². The number of aliphatic carboxylic acids is 2. The van der Waals surface area contributed by atoms with Gasteiger partial charge in [-0.2, -0.15) is 0 Å². The first-order chi connectivity index (χ1) is 12.3. The molecule has 0 spiro atoms. The number of halogens is 1. The van der Waals surface area contributed by atoms with Crippen LogP contribution in [0.15, 0.2) is 40.8 Å². The van der Waals surface area contributed by atoms with Crippen LogP contribution in [0.25, 0.3) is 11.3 Å². The first-order valence-corrected chi connectivity index (χ1v) is 8.70. The molecule has 1 heterocycles. The van der Waals surface area contributed by atoms with E-state index in [1.165, 1.54) is 0 Å². The van der Waals surface area contributed by atoms with Gasteiger partial charge in [0, 0.05) is 17.0 Å². The van der Waals surface area contributed by atoms with E-state index in [1.54, 1.807) is 30.3 Å². The number of rotatable bonds is 9. The fourth-order valence-electron chi connectivity index (χ4n) is 2.66. The van der Waals surface area contributed by atoms with Crippen molar-refractivity contribution in [2.75, 3.05) is 0 Å². The van der Waals surface area contributed by atoms with Gasteiger partial charge in [0.1, 0.15) is 23.6 Å². The number of hydrogen-bond donors (Lipinski definition) is 3. The summed E-state index contributed by atoms with van der Waals surface area (Å²) in [6, 6.07) is 8.57. The molecule has 2 atom stereocenters. The smallest absolute Gasteiger partial charge is 0.321 e. The molecule has 1 aromatic heterocycles. The van der Waals surface area contributed by atoms with E-state index in [0.717, 1.165) is 5.56 Å². The quantitative estimate of drug-likeness (QED) is 0.614. The van der Waals surface area contributed by atoms with Crippen molar-refractivity contribution >= 4 is 23.5 Å². The Morgan fingerprint density at radius 1 is 1.12 bits per heavy atom. The molecule has 0 saturated carbocycles. The second kappa shape index (κ2) is 8.87. The minimum atomic E-state index is -1.12. The normalized spacial score (nSPS) is 13.5. The summed E-state index contributed by atoms with van der Waals surface area (Å²) in [5.74, 6) is -1.04. The minimum Gasteiger partial charge on any atom is -0.480 e. The van der Waals surface area contributed by atoms with Gasteiger partial charge in [0.05, 0.1) is 0 Å². The van der Waals surface area contributed by atoms with Crippen LogP contribution in [0.2, 0.25) is 5.02 Å². The second-order valence-corrected chi connectivity index (χ2v) is 6.99. The van der Waals surface area contributed by atoms with Gasteiger partial charge in [0.15, 0.2) is 0 Å². The van der Waals surface area contributed by atoms with Crippen LogP contribution in [0.4, 0.5) is 0 Å². The molecule has 26 heavy (non-hydrogen) atoms. The number of carboxylic acid groups (broad SMARTS) is 2. The topological polar surface area (TPSA) is 99.8 Å². The number of benzene rings is 1. The van der Waals surface area contributed by atoms with E-state index in [9.17, 15) is 19.8 Å². The largest absolute Gasteiger partial charge is 0.480 e. The highest BCUT2D eigenvalue weighted by Crippen LogP contribution is 2.25. The number of nitrogens with one attached hydrogen (secondary N) is 1. The highest BCUT2D eigenvalue weighted by molar-refractivity contribution is 6.30. The third kappa shape index (κ3) is 5.61. The average molecular weight is 380 g/mol. The van der Waals surface area contributed by atoms with E-state index >= 15 is 0 Å². The summed E-state index contributed by atoms with van der Waals surface area (Å²) in [4.78, 5) is 22.9. The lowest BCUT2D eigenvalue weighted by Crippen LogP contribution is -2.48. The zero-order chi connectivity index (χ0) is 19.3. The number of hydrogen-bond acceptors (Lipinski definition) is 4. The van der Waals surface area contributed by atoms with Crippen molar-refractivity contribution in [3.63, 3.8) is 0 Å². The van der Waals surface area contributed by atoms with Crippen molar-refractivity contribution in [3.05, 3.63) is 47.2 Å². The van der Waals surface area contributed by atoms with Crippen LogP contribution in [0, 0.1) is 5.92 Å². The first-order valence-electron chi connectivity index (χ1n) is 8.32. The van der Waals surface area contributed by atoms with Gasteiger partial charge in [-0.1, -0.05) is 37.6 Å². The highest BCUT2D eigenvalue weighted by atomic mass is 35.5. The monoisotopic (exact) mass is 379 g/mol. The predicted octanol–water partition coefficient (Wildman–Crippen LogP) is 3.68. The van der Waals surface area contributed by atoms with Crippen LogP contribution in [0.1, 0.15) is 26.0 Å². The molecule has 0 radical (unpaired) electrons. The number of furan rings is 1. The van der Waals surface area contributed by atoms with Crippen LogP contribution in [0.3, 0.4) is 0 Å². The third-order valence-electron chi connectivity index (χ3n) is 3.88. The fraction of sp³-hybridized carbons (Fsp3) is 0.368. The average Bonchev–Trinajstić information content (AvgIpc) is 3.01. The standard InChI is InChI=1S/C19H22ClNO5/c1-11(2)8-15(18(22)23)21-16(19(24)25)10-14-6-7-17(26-14)12-4-3-5-13(20)9-12/h3-7,9,11,15-16,21H,8,10H2,1-2H3,(H,22,23)(H,24,25)/t15?,16-/m0/s1. The van der Waals surface area contributed by atoms with Crippen molar-refractivity contribution in [1.29, 1.82) is 0 Å². The van der Waals surface area contributed by atoms with Crippen LogP contribution < -0.4 is 5.32 Å². The lowest BCUT2D eigenvalue weighted by atomic mass is 10.0. The zero-order valence-electron chi connectivity index (χ0n) is 14.6. The summed E-state index contributed by atoms with van der Waals surface area (Å²) in [5, 5.41) is 22.0. The van der Waals surface area contributed by atoms with E-state index in [2.05, 4.69) is 5.32 Å². The Hall–Kier alpha value is -2.31. The maximum absolute atomic E-state index is 11.6. The third-order valence-corrected chi connectivity index (χ3v) is 4.12. The molecule has 0 saturated heterocycles. The summed E-state index contributed by atoms with van der Waals surface area (Å²) in [5.41, 5.74) is 0.784. The van der Waals surface area contributed by atoms with Crippen LogP contribution in [-0.2, 0) is 16.0 Å². The predicted molar refractivity (Wildman–Crippen MR) is 98.3 cm³/mol. The Labute approximate surface area is 156 Å². The van der Waals surface area contributed by atoms with Crippen LogP contribution >= 0.6 is 11.6 Å². The lowest BCUT2D eigenvalue weighted by molar-refractivity contribution is -0.143.